The van der Waals surface area contributed by atoms with Gasteiger partial charge in [0.25, 0.3) is 0 Å². The normalized spacial score (nSPS) is 25.4. The predicted molar refractivity (Wildman–Crippen MR) is 84.0 cm³/mol. The van der Waals surface area contributed by atoms with Crippen LogP contribution in [0.15, 0.2) is 24.3 Å². The van der Waals surface area contributed by atoms with Gasteiger partial charge in [0, 0.05) is 18.2 Å². The van der Waals surface area contributed by atoms with Crippen molar-refractivity contribution in [1.82, 2.24) is 4.90 Å². The van der Waals surface area contributed by atoms with Crippen LogP contribution >= 0.6 is 0 Å². The van der Waals surface area contributed by atoms with Crippen molar-refractivity contribution in [3.8, 4) is 5.75 Å². The quantitative estimate of drug-likeness (QED) is 0.897. The fourth-order valence-corrected chi connectivity index (χ4v) is 3.29. The number of nitrogens with two attached hydrogens (primary N) is 1. The second kappa shape index (κ2) is 7.09. The summed E-state index contributed by atoms with van der Waals surface area (Å²) in [5, 5.41) is 0. The van der Waals surface area contributed by atoms with Gasteiger partial charge >= 0.3 is 0 Å². The van der Waals surface area contributed by atoms with Gasteiger partial charge in [0.1, 0.15) is 5.75 Å². The Morgan fingerprint density at radius 2 is 2.10 bits per heavy atom. The lowest BCUT2D eigenvalue weighted by Crippen LogP contribution is -2.46. The van der Waals surface area contributed by atoms with Crippen LogP contribution in [-0.4, -0.2) is 30.6 Å². The summed E-state index contributed by atoms with van der Waals surface area (Å²) in [6, 6.07) is 9.17. The Hall–Kier alpha value is -1.06. The number of likely N-dealkylation sites (tertiary alicyclic amines) is 1. The summed E-state index contributed by atoms with van der Waals surface area (Å²) in [6.45, 7) is 9.17. The molecule has 1 heterocycles. The summed E-state index contributed by atoms with van der Waals surface area (Å²) in [5.74, 6) is 1.72. The molecule has 0 aromatic heterocycles. The molecule has 1 aromatic rings. The van der Waals surface area contributed by atoms with Crippen LogP contribution in [0.4, 0.5) is 0 Å². The van der Waals surface area contributed by atoms with Crippen molar-refractivity contribution in [2.24, 2.45) is 11.7 Å². The summed E-state index contributed by atoms with van der Waals surface area (Å²) in [4.78, 5) is 2.56. The van der Waals surface area contributed by atoms with Gasteiger partial charge in [-0.15, -0.1) is 0 Å². The monoisotopic (exact) mass is 276 g/mol. The molecule has 1 saturated heterocycles. The molecule has 0 bridgehead atoms. The fraction of sp³-hybridized carbons (Fsp3) is 0.647. The average Bonchev–Trinajstić information content (AvgIpc) is 2.46. The van der Waals surface area contributed by atoms with Crippen molar-refractivity contribution < 1.29 is 4.74 Å². The maximum absolute atomic E-state index is 6.11. The molecule has 0 amide bonds. The molecule has 1 aliphatic heterocycles. The van der Waals surface area contributed by atoms with Crippen LogP contribution in [0.25, 0.3) is 0 Å². The third-order valence-corrected chi connectivity index (χ3v) is 4.62. The summed E-state index contributed by atoms with van der Waals surface area (Å²) >= 11 is 0. The van der Waals surface area contributed by atoms with Gasteiger partial charge in [-0.25, -0.2) is 0 Å². The van der Waals surface area contributed by atoms with E-state index in [0.29, 0.717) is 19.2 Å². The Labute approximate surface area is 123 Å². The number of rotatable bonds is 5. The zero-order chi connectivity index (χ0) is 14.5. The molecule has 20 heavy (non-hydrogen) atoms. The van der Waals surface area contributed by atoms with Crippen LogP contribution in [0.2, 0.25) is 0 Å². The highest BCUT2D eigenvalue weighted by Crippen LogP contribution is 2.34. The van der Waals surface area contributed by atoms with E-state index >= 15 is 0 Å². The van der Waals surface area contributed by atoms with Gasteiger partial charge in [0.15, 0.2) is 0 Å². The van der Waals surface area contributed by atoms with Gasteiger partial charge in [0.2, 0.25) is 0 Å². The molecule has 2 rings (SSSR count). The number of benzene rings is 1. The largest absolute Gasteiger partial charge is 0.494 e. The molecule has 0 aliphatic carbocycles. The van der Waals surface area contributed by atoms with Gasteiger partial charge in [-0.3, -0.25) is 4.90 Å². The topological polar surface area (TPSA) is 38.5 Å². The van der Waals surface area contributed by atoms with Crippen LogP contribution in [0.3, 0.4) is 0 Å². The first kappa shape index (κ1) is 15.3. The maximum atomic E-state index is 6.11. The second-order valence-electron chi connectivity index (χ2n) is 5.82. The van der Waals surface area contributed by atoms with E-state index in [2.05, 4.69) is 36.9 Å². The van der Waals surface area contributed by atoms with Crippen molar-refractivity contribution in [3.63, 3.8) is 0 Å². The van der Waals surface area contributed by atoms with E-state index in [1.54, 1.807) is 0 Å². The summed E-state index contributed by atoms with van der Waals surface area (Å²) < 4.78 is 5.79. The van der Waals surface area contributed by atoms with E-state index in [-0.39, 0.29) is 6.04 Å². The fourth-order valence-electron chi connectivity index (χ4n) is 3.29. The first-order chi connectivity index (χ1) is 9.69. The van der Waals surface area contributed by atoms with Crippen LogP contribution in [0, 0.1) is 5.92 Å². The van der Waals surface area contributed by atoms with Crippen molar-refractivity contribution in [3.05, 3.63) is 29.8 Å². The van der Waals surface area contributed by atoms with Gasteiger partial charge < -0.3 is 10.5 Å². The molecule has 1 aliphatic rings. The minimum atomic E-state index is 0.260. The molecule has 2 N–H and O–H groups in total. The highest BCUT2D eigenvalue weighted by atomic mass is 16.5. The molecule has 3 atom stereocenters. The average molecular weight is 276 g/mol. The zero-order valence-electron chi connectivity index (χ0n) is 13.0. The number of piperidine rings is 1. The van der Waals surface area contributed by atoms with Crippen LogP contribution in [0.1, 0.15) is 45.2 Å². The third-order valence-electron chi connectivity index (χ3n) is 4.62. The van der Waals surface area contributed by atoms with Crippen molar-refractivity contribution in [2.75, 3.05) is 19.7 Å². The predicted octanol–water partition coefficient (Wildman–Crippen LogP) is 3.21. The summed E-state index contributed by atoms with van der Waals surface area (Å²) in [7, 11) is 0. The lowest BCUT2D eigenvalue weighted by Gasteiger charge is -2.43. The summed E-state index contributed by atoms with van der Waals surface area (Å²) in [5.41, 5.74) is 7.35. The van der Waals surface area contributed by atoms with Crippen molar-refractivity contribution in [2.45, 2.75) is 45.7 Å². The Balaban J connectivity index is 2.27. The molecule has 3 heteroatoms. The number of nitrogens with zero attached hydrogens (tertiary/aromatic N) is 1. The highest BCUT2D eigenvalue weighted by molar-refractivity contribution is 5.36. The Bertz CT molecular complexity index is 421. The smallest absolute Gasteiger partial charge is 0.124 e. The lowest BCUT2D eigenvalue weighted by molar-refractivity contribution is 0.0696. The van der Waals surface area contributed by atoms with E-state index in [1.807, 2.05) is 13.0 Å². The Kier molecular flexibility index (Phi) is 5.44. The molecular weight excluding hydrogens is 248 g/mol. The van der Waals surface area contributed by atoms with E-state index < -0.39 is 0 Å². The zero-order valence-corrected chi connectivity index (χ0v) is 13.0. The van der Waals surface area contributed by atoms with E-state index in [4.69, 9.17) is 10.5 Å². The molecular formula is C17H28N2O. The summed E-state index contributed by atoms with van der Waals surface area (Å²) in [6.07, 6.45) is 2.58. The van der Waals surface area contributed by atoms with Gasteiger partial charge in [-0.1, -0.05) is 25.1 Å². The molecule has 1 fully saturated rings. The molecule has 3 nitrogen and oxygen atoms in total. The van der Waals surface area contributed by atoms with Crippen molar-refractivity contribution >= 4 is 0 Å². The minimum Gasteiger partial charge on any atom is -0.494 e. The first-order valence-electron chi connectivity index (χ1n) is 7.86. The van der Waals surface area contributed by atoms with Crippen LogP contribution in [0.5, 0.6) is 5.75 Å². The van der Waals surface area contributed by atoms with Crippen LogP contribution in [-0.2, 0) is 0 Å². The number of hydrogen-bond donors (Lipinski definition) is 1. The molecule has 112 valence electrons. The SMILES string of the molecule is CCOc1ccccc1C(CN)N1CCCC(C)C1C. The van der Waals surface area contributed by atoms with Gasteiger partial charge in [-0.2, -0.15) is 0 Å². The molecule has 1 aromatic carbocycles. The minimum absolute atomic E-state index is 0.260. The van der Waals surface area contributed by atoms with Gasteiger partial charge in [-0.05, 0) is 45.2 Å². The highest BCUT2D eigenvalue weighted by Gasteiger charge is 2.31. The van der Waals surface area contributed by atoms with E-state index in [1.165, 1.54) is 18.4 Å². The number of hydrogen-bond acceptors (Lipinski definition) is 3. The maximum Gasteiger partial charge on any atom is 0.124 e. The van der Waals surface area contributed by atoms with Crippen molar-refractivity contribution in [1.29, 1.82) is 0 Å². The lowest BCUT2D eigenvalue weighted by atomic mass is 9.89. The standard InChI is InChI=1S/C17H28N2O/c1-4-20-17-10-6-5-9-15(17)16(12-18)19-11-7-8-13(2)14(19)3/h5-6,9-10,13-14,16H,4,7-8,11-12,18H2,1-3H3. The molecule has 0 saturated carbocycles. The third kappa shape index (κ3) is 3.15. The molecule has 0 spiro atoms. The van der Waals surface area contributed by atoms with Crippen LogP contribution < -0.4 is 10.5 Å². The molecule has 0 radical (unpaired) electrons. The molecule has 3 unspecified atom stereocenters. The Morgan fingerprint density at radius 1 is 1.35 bits per heavy atom. The first-order valence-corrected chi connectivity index (χ1v) is 7.86. The Morgan fingerprint density at radius 3 is 2.80 bits per heavy atom. The number of ether oxygens (including phenoxy) is 1. The van der Waals surface area contributed by atoms with Gasteiger partial charge in [0.05, 0.1) is 12.6 Å². The number of para-hydroxylation sites is 1. The van der Waals surface area contributed by atoms with E-state index in [9.17, 15) is 0 Å². The second-order valence-corrected chi connectivity index (χ2v) is 5.82. The van der Waals surface area contributed by atoms with E-state index in [0.717, 1.165) is 18.2 Å².